The number of aliphatic hydroxyl groups excluding tert-OH is 1. The third-order valence-corrected chi connectivity index (χ3v) is 3.43. The first-order valence-corrected chi connectivity index (χ1v) is 6.45. The molecule has 2 heterocycles. The second-order valence-corrected chi connectivity index (χ2v) is 5.32. The molecule has 19 heavy (non-hydrogen) atoms. The molecular weight excluding hydrogens is 274 g/mol. The molecule has 104 valence electrons. The van der Waals surface area contributed by atoms with Crippen molar-refractivity contribution in [3.8, 4) is 0 Å². The molecule has 0 aliphatic carbocycles. The maximum Gasteiger partial charge on any atom is 0.287 e. The van der Waals surface area contributed by atoms with Crippen LogP contribution in [0.25, 0.3) is 10.2 Å². The zero-order valence-electron chi connectivity index (χ0n) is 10.5. The van der Waals surface area contributed by atoms with Crippen LogP contribution in [-0.2, 0) is 0 Å². The number of alkyl halides is 2. The molecule has 2 aromatic heterocycles. The summed E-state index contributed by atoms with van der Waals surface area (Å²) in [5.74, 6) is -2.47. The van der Waals surface area contributed by atoms with Crippen LogP contribution in [0.15, 0.2) is 6.07 Å². The number of hydrogen-bond donors (Lipinski definition) is 3. The molecule has 0 aliphatic heterocycles. The maximum absolute atomic E-state index is 13.1. The fraction of sp³-hybridized carbons (Fsp3) is 0.455. The van der Waals surface area contributed by atoms with Gasteiger partial charge in [0.05, 0.1) is 11.9 Å². The van der Waals surface area contributed by atoms with Crippen LogP contribution in [0, 0.1) is 6.92 Å². The first-order valence-electron chi connectivity index (χ1n) is 5.63. The number of nitrogens with one attached hydrogen (secondary N) is 2. The second kappa shape index (κ2) is 5.22. The Morgan fingerprint density at radius 1 is 1.42 bits per heavy atom. The Kier molecular flexibility index (Phi) is 3.81. The molecular formula is C11H14F2N4OS. The number of aliphatic hydroxyl groups is 1. The molecule has 0 atom stereocenters. The van der Waals surface area contributed by atoms with Gasteiger partial charge in [-0.2, -0.15) is 4.98 Å². The number of rotatable bonds is 5. The van der Waals surface area contributed by atoms with Crippen LogP contribution in [0.3, 0.4) is 0 Å². The summed E-state index contributed by atoms with van der Waals surface area (Å²) in [4.78, 5) is 10.1. The van der Waals surface area contributed by atoms with E-state index in [9.17, 15) is 8.78 Å². The van der Waals surface area contributed by atoms with Crippen molar-refractivity contribution >= 4 is 33.3 Å². The SMILES string of the molecule is CNc1nc(NCC(F)(F)CO)c2cc(C)sc2n1. The number of anilines is 2. The van der Waals surface area contributed by atoms with Crippen LogP contribution in [0.5, 0.6) is 0 Å². The number of aryl methyl sites for hydroxylation is 1. The molecule has 0 spiro atoms. The highest BCUT2D eigenvalue weighted by atomic mass is 32.1. The van der Waals surface area contributed by atoms with Gasteiger partial charge >= 0.3 is 0 Å². The normalized spacial score (nSPS) is 11.8. The van der Waals surface area contributed by atoms with Gasteiger partial charge in [0.25, 0.3) is 5.92 Å². The standard InChI is InChI=1S/C11H14F2N4OS/c1-6-3-7-8(15-4-11(12,13)5-18)16-10(14-2)17-9(7)19-6/h3,18H,4-5H2,1-2H3,(H2,14,15,16,17). The second-order valence-electron chi connectivity index (χ2n) is 4.09. The van der Waals surface area contributed by atoms with E-state index < -0.39 is 19.1 Å². The molecule has 3 N–H and O–H groups in total. The van der Waals surface area contributed by atoms with E-state index in [1.54, 1.807) is 7.05 Å². The fourth-order valence-corrected chi connectivity index (χ4v) is 2.44. The topological polar surface area (TPSA) is 70.1 Å². The van der Waals surface area contributed by atoms with Crippen LogP contribution in [-0.4, -0.2) is 41.2 Å². The molecule has 2 aromatic rings. The first-order chi connectivity index (χ1) is 8.95. The largest absolute Gasteiger partial charge is 0.390 e. The van der Waals surface area contributed by atoms with Crippen LogP contribution >= 0.6 is 11.3 Å². The number of thiophene rings is 1. The average Bonchev–Trinajstić information content (AvgIpc) is 2.76. The van der Waals surface area contributed by atoms with E-state index >= 15 is 0 Å². The average molecular weight is 288 g/mol. The monoisotopic (exact) mass is 288 g/mol. The first kappa shape index (κ1) is 13.9. The molecule has 2 rings (SSSR count). The molecule has 0 aliphatic rings. The highest BCUT2D eigenvalue weighted by molar-refractivity contribution is 7.18. The lowest BCUT2D eigenvalue weighted by Gasteiger charge is -2.15. The van der Waals surface area contributed by atoms with E-state index in [4.69, 9.17) is 5.11 Å². The zero-order chi connectivity index (χ0) is 14.0. The van der Waals surface area contributed by atoms with E-state index in [0.29, 0.717) is 17.2 Å². The van der Waals surface area contributed by atoms with E-state index in [1.807, 2.05) is 13.0 Å². The van der Waals surface area contributed by atoms with Crippen molar-refractivity contribution in [1.82, 2.24) is 9.97 Å². The summed E-state index contributed by atoms with van der Waals surface area (Å²) in [6.45, 7) is 0.0426. The molecule has 0 aromatic carbocycles. The van der Waals surface area contributed by atoms with Gasteiger partial charge in [-0.25, -0.2) is 13.8 Å². The van der Waals surface area contributed by atoms with Gasteiger partial charge in [-0.05, 0) is 13.0 Å². The van der Waals surface area contributed by atoms with E-state index in [0.717, 1.165) is 9.71 Å². The van der Waals surface area contributed by atoms with Gasteiger partial charge in [-0.15, -0.1) is 11.3 Å². The summed E-state index contributed by atoms with van der Waals surface area (Å²) in [6.07, 6.45) is 0. The molecule has 0 unspecified atom stereocenters. The molecule has 0 saturated carbocycles. The van der Waals surface area contributed by atoms with Crippen LogP contribution in [0.1, 0.15) is 4.88 Å². The predicted octanol–water partition coefficient (Wildman–Crippen LogP) is 2.08. The van der Waals surface area contributed by atoms with E-state index in [2.05, 4.69) is 20.6 Å². The Hall–Kier alpha value is -1.54. The van der Waals surface area contributed by atoms with Crippen molar-refractivity contribution in [3.63, 3.8) is 0 Å². The number of fused-ring (bicyclic) bond motifs is 1. The lowest BCUT2D eigenvalue weighted by molar-refractivity contribution is -0.0373. The van der Waals surface area contributed by atoms with Crippen LogP contribution in [0.4, 0.5) is 20.5 Å². The highest BCUT2D eigenvalue weighted by Gasteiger charge is 2.28. The lowest BCUT2D eigenvalue weighted by atomic mass is 10.3. The Labute approximate surface area is 112 Å². The molecule has 5 nitrogen and oxygen atoms in total. The van der Waals surface area contributed by atoms with Crippen molar-refractivity contribution in [2.45, 2.75) is 12.8 Å². The van der Waals surface area contributed by atoms with Gasteiger partial charge < -0.3 is 15.7 Å². The Morgan fingerprint density at radius 3 is 2.79 bits per heavy atom. The van der Waals surface area contributed by atoms with Crippen molar-refractivity contribution in [2.75, 3.05) is 30.8 Å². The molecule has 0 fully saturated rings. The van der Waals surface area contributed by atoms with Crippen LogP contribution in [0.2, 0.25) is 0 Å². The highest BCUT2D eigenvalue weighted by Crippen LogP contribution is 2.30. The minimum Gasteiger partial charge on any atom is -0.390 e. The Bertz CT molecular complexity index is 587. The van der Waals surface area contributed by atoms with Gasteiger partial charge in [-0.3, -0.25) is 0 Å². The van der Waals surface area contributed by atoms with Gasteiger partial charge in [0.2, 0.25) is 5.95 Å². The van der Waals surface area contributed by atoms with Crippen molar-refractivity contribution < 1.29 is 13.9 Å². The van der Waals surface area contributed by atoms with Gasteiger partial charge in [0, 0.05) is 11.9 Å². The van der Waals surface area contributed by atoms with Gasteiger partial charge in [-0.1, -0.05) is 0 Å². The van der Waals surface area contributed by atoms with E-state index in [-0.39, 0.29) is 0 Å². The van der Waals surface area contributed by atoms with Gasteiger partial charge in [0.1, 0.15) is 17.3 Å². The Balaban J connectivity index is 2.35. The van der Waals surface area contributed by atoms with Crippen LogP contribution < -0.4 is 10.6 Å². The molecule has 0 radical (unpaired) electrons. The maximum atomic E-state index is 13.1. The third kappa shape index (κ3) is 3.07. The summed E-state index contributed by atoms with van der Waals surface area (Å²) in [6, 6.07) is 1.85. The summed E-state index contributed by atoms with van der Waals surface area (Å²) in [5.41, 5.74) is 0. The minimum atomic E-state index is -3.18. The fourth-order valence-electron chi connectivity index (χ4n) is 1.56. The summed E-state index contributed by atoms with van der Waals surface area (Å²) < 4.78 is 26.1. The van der Waals surface area contributed by atoms with E-state index in [1.165, 1.54) is 11.3 Å². The van der Waals surface area contributed by atoms with Gasteiger partial charge in [0.15, 0.2) is 0 Å². The number of hydrogen-bond acceptors (Lipinski definition) is 6. The van der Waals surface area contributed by atoms with Crippen molar-refractivity contribution in [3.05, 3.63) is 10.9 Å². The Morgan fingerprint density at radius 2 is 2.16 bits per heavy atom. The van der Waals surface area contributed by atoms with Crippen molar-refractivity contribution in [1.29, 1.82) is 0 Å². The number of nitrogens with zero attached hydrogens (tertiary/aromatic N) is 2. The lowest BCUT2D eigenvalue weighted by Crippen LogP contribution is -2.31. The predicted molar refractivity (Wildman–Crippen MR) is 72.2 cm³/mol. The molecule has 0 amide bonds. The molecule has 0 saturated heterocycles. The summed E-state index contributed by atoms with van der Waals surface area (Å²) in [7, 11) is 1.66. The number of aromatic nitrogens is 2. The summed E-state index contributed by atoms with van der Waals surface area (Å²) >= 11 is 1.47. The third-order valence-electron chi connectivity index (χ3n) is 2.49. The number of halogens is 2. The quantitative estimate of drug-likeness (QED) is 0.786. The minimum absolute atomic E-state index is 0.340. The molecule has 0 bridgehead atoms. The molecule has 8 heteroatoms. The smallest absolute Gasteiger partial charge is 0.287 e. The summed E-state index contributed by atoms with van der Waals surface area (Å²) in [5, 5.41) is 14.6. The zero-order valence-corrected chi connectivity index (χ0v) is 11.3. The van der Waals surface area contributed by atoms with Crippen molar-refractivity contribution in [2.24, 2.45) is 0 Å².